The normalized spacial score (nSPS) is 14.2. The Kier molecular flexibility index (Phi) is 5.13. The highest BCUT2D eigenvalue weighted by Gasteiger charge is 2.39. The van der Waals surface area contributed by atoms with Crippen molar-refractivity contribution in [3.63, 3.8) is 0 Å². The van der Waals surface area contributed by atoms with Gasteiger partial charge in [-0.25, -0.2) is 9.67 Å². The molecule has 0 atom stereocenters. The minimum absolute atomic E-state index is 0.0145. The van der Waals surface area contributed by atoms with Crippen molar-refractivity contribution in [2.24, 2.45) is 0 Å². The number of alkyl halides is 3. The Bertz CT molecular complexity index is 1100. The summed E-state index contributed by atoms with van der Waals surface area (Å²) in [7, 11) is 1.44. The first-order valence-corrected chi connectivity index (χ1v) is 9.61. The summed E-state index contributed by atoms with van der Waals surface area (Å²) in [4.78, 5) is 16.5. The molecule has 30 heavy (non-hydrogen) atoms. The van der Waals surface area contributed by atoms with Gasteiger partial charge in [0.15, 0.2) is 5.65 Å². The van der Waals surface area contributed by atoms with Crippen molar-refractivity contribution in [3.05, 3.63) is 41.6 Å². The van der Waals surface area contributed by atoms with Gasteiger partial charge < -0.3 is 9.47 Å². The predicted molar refractivity (Wildman–Crippen MR) is 103 cm³/mol. The zero-order valence-electron chi connectivity index (χ0n) is 16.5. The zero-order chi connectivity index (χ0) is 21.5. The lowest BCUT2D eigenvalue weighted by molar-refractivity contribution is -0.144. The van der Waals surface area contributed by atoms with E-state index in [1.807, 2.05) is 0 Å². The SMILES string of the molecule is CCOC(=O)Cn1nc(C2CC2)c2c(C(F)(F)F)cc(-c3ccccc3OC)nc21. The number of methoxy groups -OCH3 is 1. The van der Waals surface area contributed by atoms with E-state index >= 15 is 0 Å². The molecular formula is C21H20F3N3O3. The van der Waals surface area contributed by atoms with Gasteiger partial charge in [-0.1, -0.05) is 12.1 Å². The van der Waals surface area contributed by atoms with E-state index in [9.17, 15) is 18.0 Å². The van der Waals surface area contributed by atoms with E-state index in [0.717, 1.165) is 18.9 Å². The number of para-hydroxylation sites is 1. The van der Waals surface area contributed by atoms with Gasteiger partial charge in [0.25, 0.3) is 0 Å². The van der Waals surface area contributed by atoms with Crippen LogP contribution in [0.15, 0.2) is 30.3 Å². The number of carbonyl (C=O) groups is 1. The van der Waals surface area contributed by atoms with Crippen molar-refractivity contribution in [1.29, 1.82) is 0 Å². The number of ether oxygens (including phenoxy) is 2. The first-order valence-electron chi connectivity index (χ1n) is 9.61. The number of nitrogens with zero attached hydrogens (tertiary/aromatic N) is 3. The molecule has 1 saturated carbocycles. The molecular weight excluding hydrogens is 399 g/mol. The second kappa shape index (κ2) is 7.62. The van der Waals surface area contributed by atoms with Crippen LogP contribution >= 0.6 is 0 Å². The fourth-order valence-electron chi connectivity index (χ4n) is 3.50. The molecule has 0 radical (unpaired) electrons. The molecule has 1 aliphatic rings. The molecule has 0 saturated heterocycles. The Morgan fingerprint density at radius 3 is 2.63 bits per heavy atom. The van der Waals surface area contributed by atoms with Gasteiger partial charge in [-0.05, 0) is 38.0 Å². The Balaban J connectivity index is 1.98. The van der Waals surface area contributed by atoms with E-state index in [4.69, 9.17) is 9.47 Å². The van der Waals surface area contributed by atoms with E-state index in [2.05, 4.69) is 10.1 Å². The van der Waals surface area contributed by atoms with E-state index in [1.54, 1.807) is 31.2 Å². The third kappa shape index (κ3) is 3.71. The van der Waals surface area contributed by atoms with Crippen LogP contribution in [0.5, 0.6) is 5.75 Å². The summed E-state index contributed by atoms with van der Waals surface area (Å²) >= 11 is 0. The van der Waals surface area contributed by atoms with Crippen LogP contribution in [0, 0.1) is 0 Å². The molecule has 0 aliphatic heterocycles. The summed E-state index contributed by atoms with van der Waals surface area (Å²) in [5.74, 6) is -0.241. The molecule has 6 nitrogen and oxygen atoms in total. The highest BCUT2D eigenvalue weighted by Crippen LogP contribution is 2.46. The van der Waals surface area contributed by atoms with Gasteiger partial charge >= 0.3 is 12.1 Å². The number of benzene rings is 1. The fourth-order valence-corrected chi connectivity index (χ4v) is 3.50. The number of hydrogen-bond acceptors (Lipinski definition) is 5. The number of fused-ring (bicyclic) bond motifs is 1. The van der Waals surface area contributed by atoms with E-state index < -0.39 is 17.7 Å². The molecule has 0 bridgehead atoms. The topological polar surface area (TPSA) is 66.2 Å². The lowest BCUT2D eigenvalue weighted by atomic mass is 10.0. The van der Waals surface area contributed by atoms with Crippen LogP contribution in [0.3, 0.4) is 0 Å². The van der Waals surface area contributed by atoms with Crippen molar-refractivity contribution >= 4 is 17.0 Å². The van der Waals surface area contributed by atoms with Crippen molar-refractivity contribution in [1.82, 2.24) is 14.8 Å². The Morgan fingerprint density at radius 2 is 2.00 bits per heavy atom. The van der Waals surface area contributed by atoms with Crippen molar-refractivity contribution in [2.45, 2.75) is 38.4 Å². The van der Waals surface area contributed by atoms with Crippen LogP contribution in [-0.4, -0.2) is 34.5 Å². The third-order valence-corrected chi connectivity index (χ3v) is 4.97. The van der Waals surface area contributed by atoms with Gasteiger partial charge in [0.05, 0.1) is 36.1 Å². The fraction of sp³-hybridized carbons (Fsp3) is 0.381. The maximum Gasteiger partial charge on any atom is 0.417 e. The highest BCUT2D eigenvalue weighted by molar-refractivity contribution is 5.88. The smallest absolute Gasteiger partial charge is 0.417 e. The maximum atomic E-state index is 14.1. The molecule has 0 amide bonds. The van der Waals surface area contributed by atoms with E-state index in [1.165, 1.54) is 11.8 Å². The van der Waals surface area contributed by atoms with Crippen molar-refractivity contribution in [3.8, 4) is 17.0 Å². The van der Waals surface area contributed by atoms with E-state index in [0.29, 0.717) is 17.0 Å². The number of hydrogen-bond donors (Lipinski definition) is 0. The number of esters is 1. The first kappa shape index (κ1) is 20.2. The Labute approximate surface area is 170 Å². The number of aromatic nitrogens is 3. The molecule has 2 aromatic heterocycles. The van der Waals surface area contributed by atoms with Crippen molar-refractivity contribution in [2.75, 3.05) is 13.7 Å². The predicted octanol–water partition coefficient (Wildman–Crippen LogP) is 4.57. The molecule has 0 unspecified atom stereocenters. The van der Waals surface area contributed by atoms with Crippen LogP contribution in [0.4, 0.5) is 13.2 Å². The number of pyridine rings is 1. The minimum atomic E-state index is -4.61. The third-order valence-electron chi connectivity index (χ3n) is 4.97. The van der Waals surface area contributed by atoms with Crippen molar-refractivity contribution < 1.29 is 27.4 Å². The number of halogens is 3. The van der Waals surface area contributed by atoms with Crippen LogP contribution in [-0.2, 0) is 22.3 Å². The molecule has 0 spiro atoms. The second-order valence-corrected chi connectivity index (χ2v) is 7.07. The standard InChI is InChI=1S/C21H20F3N3O3/c1-3-30-17(28)11-27-20-18(19(26-27)12-8-9-12)14(21(22,23)24)10-15(25-20)13-6-4-5-7-16(13)29-2/h4-7,10,12H,3,8-9,11H2,1-2H3. The second-order valence-electron chi connectivity index (χ2n) is 7.07. The molecule has 2 heterocycles. The van der Waals surface area contributed by atoms with Gasteiger partial charge in [-0.15, -0.1) is 0 Å². The summed E-state index contributed by atoms with van der Waals surface area (Å²) in [5.41, 5.74) is 0.0516. The molecule has 158 valence electrons. The largest absolute Gasteiger partial charge is 0.496 e. The molecule has 1 aliphatic carbocycles. The van der Waals surface area contributed by atoms with Gasteiger partial charge in [0.1, 0.15) is 12.3 Å². The minimum Gasteiger partial charge on any atom is -0.496 e. The summed E-state index contributed by atoms with van der Waals surface area (Å²) < 4.78 is 53.7. The zero-order valence-corrected chi connectivity index (χ0v) is 16.5. The summed E-state index contributed by atoms with van der Waals surface area (Å²) in [6, 6.07) is 7.74. The van der Waals surface area contributed by atoms with Gasteiger partial charge in [-0.3, -0.25) is 4.79 Å². The highest BCUT2D eigenvalue weighted by atomic mass is 19.4. The Hall–Kier alpha value is -3.10. The average molecular weight is 419 g/mol. The molecule has 1 aromatic carbocycles. The summed E-state index contributed by atoms with van der Waals surface area (Å²) in [6.07, 6.45) is -3.09. The van der Waals surface area contributed by atoms with Crippen LogP contribution in [0.2, 0.25) is 0 Å². The number of carbonyl (C=O) groups excluding carboxylic acids is 1. The Morgan fingerprint density at radius 1 is 1.27 bits per heavy atom. The number of rotatable bonds is 6. The van der Waals surface area contributed by atoms with Crippen LogP contribution in [0.1, 0.15) is 36.9 Å². The summed E-state index contributed by atoms with van der Waals surface area (Å²) in [5, 5.41) is 4.30. The van der Waals surface area contributed by atoms with Gasteiger partial charge in [0.2, 0.25) is 0 Å². The first-order chi connectivity index (χ1) is 14.3. The quantitative estimate of drug-likeness (QED) is 0.548. The molecule has 0 N–H and O–H groups in total. The van der Waals surface area contributed by atoms with Crippen LogP contribution < -0.4 is 4.74 Å². The van der Waals surface area contributed by atoms with Crippen LogP contribution in [0.25, 0.3) is 22.3 Å². The van der Waals surface area contributed by atoms with Gasteiger partial charge in [0, 0.05) is 11.5 Å². The van der Waals surface area contributed by atoms with Gasteiger partial charge in [-0.2, -0.15) is 18.3 Å². The molecule has 1 fully saturated rings. The maximum absolute atomic E-state index is 14.1. The lowest BCUT2D eigenvalue weighted by Gasteiger charge is -2.13. The monoisotopic (exact) mass is 419 g/mol. The summed E-state index contributed by atoms with van der Waals surface area (Å²) in [6.45, 7) is 1.52. The average Bonchev–Trinajstić information content (AvgIpc) is 3.49. The van der Waals surface area contributed by atoms with E-state index in [-0.39, 0.29) is 35.8 Å². The lowest BCUT2D eigenvalue weighted by Crippen LogP contribution is -2.15. The molecule has 9 heteroatoms. The molecule has 4 rings (SSSR count). The molecule has 3 aromatic rings.